The Morgan fingerprint density at radius 2 is 1.17 bits per heavy atom. The highest BCUT2D eigenvalue weighted by Crippen LogP contribution is 2.74. The minimum Gasteiger partial charge on any atom is -0.0625 e. The van der Waals surface area contributed by atoms with Gasteiger partial charge in [-0.25, -0.2) is 0 Å². The van der Waals surface area contributed by atoms with Crippen LogP contribution in [0.2, 0.25) is 0 Å². The average molecular weight is 317 g/mol. The van der Waals surface area contributed by atoms with E-state index in [-0.39, 0.29) is 0 Å². The van der Waals surface area contributed by atoms with Crippen LogP contribution in [0, 0.1) is 45.3 Å². The molecule has 132 valence electrons. The molecule has 0 saturated heterocycles. The van der Waals surface area contributed by atoms with Crippen LogP contribution in [0.25, 0.3) is 0 Å². The fraction of sp³-hybridized carbons (Fsp3) is 1.00. The van der Waals surface area contributed by atoms with E-state index in [4.69, 9.17) is 0 Å². The van der Waals surface area contributed by atoms with Crippen molar-refractivity contribution in [1.82, 2.24) is 0 Å². The zero-order chi connectivity index (χ0) is 16.7. The highest BCUT2D eigenvalue weighted by Gasteiger charge is 2.66. The third-order valence-corrected chi connectivity index (χ3v) is 10.9. The predicted octanol–water partition coefficient (Wildman–Crippen LogP) is 7.08. The molecule has 0 aromatic rings. The molecule has 0 heterocycles. The molecule has 4 aliphatic rings. The van der Waals surface area contributed by atoms with E-state index < -0.39 is 0 Å². The van der Waals surface area contributed by atoms with Gasteiger partial charge in [0.05, 0.1) is 0 Å². The van der Waals surface area contributed by atoms with Gasteiger partial charge < -0.3 is 0 Å². The quantitative estimate of drug-likeness (QED) is 0.448. The molecule has 0 aromatic carbocycles. The number of hydrogen-bond donors (Lipinski definition) is 0. The number of hydrogen-bond acceptors (Lipinski definition) is 0. The zero-order valence-corrected chi connectivity index (χ0v) is 16.7. The van der Waals surface area contributed by atoms with Gasteiger partial charge in [0.15, 0.2) is 0 Å². The first kappa shape index (κ1) is 16.5. The largest absolute Gasteiger partial charge is 0.0625 e. The van der Waals surface area contributed by atoms with Crippen molar-refractivity contribution >= 4 is 0 Å². The molecule has 0 spiro atoms. The second-order valence-corrected chi connectivity index (χ2v) is 11.4. The van der Waals surface area contributed by atoms with E-state index in [0.29, 0.717) is 21.7 Å². The van der Waals surface area contributed by atoms with Gasteiger partial charge in [-0.15, -0.1) is 0 Å². The smallest absolute Gasteiger partial charge is 0.0238 e. The molecule has 8 unspecified atom stereocenters. The SMILES string of the molecule is CC1CCC2(C)C3CCC4(C)C(C)CCC4(C)C3CCC2(C)C1. The summed E-state index contributed by atoms with van der Waals surface area (Å²) in [5, 5.41) is 0. The molecule has 0 radical (unpaired) electrons. The van der Waals surface area contributed by atoms with Crippen molar-refractivity contribution in [3.63, 3.8) is 0 Å². The van der Waals surface area contributed by atoms with E-state index >= 15 is 0 Å². The average Bonchev–Trinajstić information content (AvgIpc) is 2.73. The maximum absolute atomic E-state index is 2.72. The Labute approximate surface area is 145 Å². The molecule has 23 heavy (non-hydrogen) atoms. The summed E-state index contributed by atoms with van der Waals surface area (Å²) < 4.78 is 0. The van der Waals surface area contributed by atoms with Crippen molar-refractivity contribution in [2.24, 2.45) is 45.3 Å². The molecule has 0 aromatic heterocycles. The molecule has 0 amide bonds. The van der Waals surface area contributed by atoms with Crippen LogP contribution in [0.1, 0.15) is 99.3 Å². The van der Waals surface area contributed by atoms with Crippen molar-refractivity contribution in [3.05, 3.63) is 0 Å². The predicted molar refractivity (Wildman–Crippen MR) is 99.3 cm³/mol. The van der Waals surface area contributed by atoms with Gasteiger partial charge >= 0.3 is 0 Å². The molecule has 4 rings (SSSR count). The number of fused-ring (bicyclic) bond motifs is 5. The summed E-state index contributed by atoms with van der Waals surface area (Å²) in [6.45, 7) is 15.8. The van der Waals surface area contributed by atoms with Gasteiger partial charge in [0.25, 0.3) is 0 Å². The normalized spacial score (nSPS) is 62.3. The summed E-state index contributed by atoms with van der Waals surface area (Å²) in [7, 11) is 0. The van der Waals surface area contributed by atoms with E-state index in [0.717, 1.165) is 23.7 Å². The minimum absolute atomic E-state index is 0.624. The molecular formula is C23H40. The first-order valence-electron chi connectivity index (χ1n) is 10.7. The Kier molecular flexibility index (Phi) is 3.43. The van der Waals surface area contributed by atoms with Crippen molar-refractivity contribution in [2.45, 2.75) is 99.3 Å². The lowest BCUT2D eigenvalue weighted by Crippen LogP contribution is -2.60. The van der Waals surface area contributed by atoms with E-state index in [1.54, 1.807) is 0 Å². The first-order chi connectivity index (χ1) is 10.7. The second-order valence-electron chi connectivity index (χ2n) is 11.4. The highest BCUT2D eigenvalue weighted by atomic mass is 14.7. The van der Waals surface area contributed by atoms with Crippen molar-refractivity contribution in [3.8, 4) is 0 Å². The summed E-state index contributed by atoms with van der Waals surface area (Å²) in [5.74, 6) is 3.93. The van der Waals surface area contributed by atoms with Gasteiger partial charge in [-0.3, -0.25) is 0 Å². The van der Waals surface area contributed by atoms with Crippen LogP contribution in [0.3, 0.4) is 0 Å². The molecule has 0 aliphatic heterocycles. The molecule has 0 nitrogen and oxygen atoms in total. The Morgan fingerprint density at radius 1 is 0.609 bits per heavy atom. The van der Waals surface area contributed by atoms with Crippen molar-refractivity contribution in [2.75, 3.05) is 0 Å². The molecule has 4 aliphatic carbocycles. The maximum Gasteiger partial charge on any atom is -0.0238 e. The summed E-state index contributed by atoms with van der Waals surface area (Å²) in [4.78, 5) is 0. The van der Waals surface area contributed by atoms with Gasteiger partial charge in [-0.05, 0) is 96.7 Å². The van der Waals surface area contributed by atoms with E-state index in [1.807, 2.05) is 0 Å². The van der Waals surface area contributed by atoms with Crippen molar-refractivity contribution < 1.29 is 0 Å². The fourth-order valence-electron chi connectivity index (χ4n) is 8.65. The van der Waals surface area contributed by atoms with Gasteiger partial charge in [0, 0.05) is 0 Å². The summed E-state index contributed by atoms with van der Waals surface area (Å²) in [6, 6.07) is 0. The van der Waals surface area contributed by atoms with Gasteiger partial charge in [0.1, 0.15) is 0 Å². The molecule has 4 saturated carbocycles. The standard InChI is InChI=1S/C23H40/c1-16-7-12-22(5)18-10-14-21(4)17(2)8-13-23(21,6)19(18)9-11-20(22,3)15-16/h16-19H,7-15H2,1-6H3. The third-order valence-electron chi connectivity index (χ3n) is 10.9. The Hall–Kier alpha value is 0. The van der Waals surface area contributed by atoms with E-state index in [1.165, 1.54) is 57.8 Å². The van der Waals surface area contributed by atoms with Crippen LogP contribution in [0.15, 0.2) is 0 Å². The van der Waals surface area contributed by atoms with Crippen LogP contribution in [-0.2, 0) is 0 Å². The molecule has 4 fully saturated rings. The molecule has 0 heteroatoms. The summed E-state index contributed by atoms with van der Waals surface area (Å²) >= 11 is 0. The third kappa shape index (κ3) is 1.85. The van der Waals surface area contributed by atoms with Gasteiger partial charge in [-0.1, -0.05) is 48.0 Å². The maximum atomic E-state index is 2.72. The van der Waals surface area contributed by atoms with E-state index in [9.17, 15) is 0 Å². The lowest BCUT2D eigenvalue weighted by molar-refractivity contribution is -0.188. The van der Waals surface area contributed by atoms with Gasteiger partial charge in [0.2, 0.25) is 0 Å². The van der Waals surface area contributed by atoms with Crippen LogP contribution in [-0.4, -0.2) is 0 Å². The first-order valence-corrected chi connectivity index (χ1v) is 10.7. The molecule has 8 atom stereocenters. The molecule has 0 bridgehead atoms. The second kappa shape index (κ2) is 4.79. The summed E-state index contributed by atoms with van der Waals surface area (Å²) in [6.07, 6.45) is 13.6. The van der Waals surface area contributed by atoms with Crippen molar-refractivity contribution in [1.29, 1.82) is 0 Å². The Balaban J connectivity index is 1.72. The van der Waals surface area contributed by atoms with Crippen LogP contribution in [0.4, 0.5) is 0 Å². The summed E-state index contributed by atoms with van der Waals surface area (Å²) in [5.41, 5.74) is 2.50. The Bertz CT molecular complexity index is 494. The lowest BCUT2D eigenvalue weighted by Gasteiger charge is -2.68. The lowest BCUT2D eigenvalue weighted by atomic mass is 9.37. The zero-order valence-electron chi connectivity index (χ0n) is 16.7. The molecular weight excluding hydrogens is 276 g/mol. The van der Waals surface area contributed by atoms with Gasteiger partial charge in [-0.2, -0.15) is 0 Å². The topological polar surface area (TPSA) is 0 Å². The highest BCUT2D eigenvalue weighted by molar-refractivity contribution is 5.15. The Morgan fingerprint density at radius 3 is 1.91 bits per heavy atom. The molecule has 0 N–H and O–H groups in total. The van der Waals surface area contributed by atoms with E-state index in [2.05, 4.69) is 41.5 Å². The number of rotatable bonds is 0. The van der Waals surface area contributed by atoms with Crippen LogP contribution < -0.4 is 0 Å². The fourth-order valence-corrected chi connectivity index (χ4v) is 8.65. The monoisotopic (exact) mass is 316 g/mol. The minimum atomic E-state index is 0.624. The van der Waals surface area contributed by atoms with Crippen LogP contribution >= 0.6 is 0 Å². The van der Waals surface area contributed by atoms with Crippen LogP contribution in [0.5, 0.6) is 0 Å².